The molecule has 0 heterocycles. The molecule has 1 aromatic carbocycles. The molecule has 1 rings (SSSR count). The lowest BCUT2D eigenvalue weighted by atomic mass is 10.3. The lowest BCUT2D eigenvalue weighted by Crippen LogP contribution is -1.98. The normalized spacial score (nSPS) is 9.13. The topological polar surface area (TPSA) is 47.9 Å². The Hall–Kier alpha value is -1.80. The van der Waals surface area contributed by atoms with Crippen molar-refractivity contribution in [2.75, 3.05) is 20.3 Å². The molecule has 0 saturated heterocycles. The third-order valence-electron chi connectivity index (χ3n) is 1.81. The number of hydrogen-bond donors (Lipinski definition) is 0. The number of aliphatic imine (C=N–C) groups is 1. The average Bonchev–Trinajstić information content (AvgIpc) is 2.30. The Bertz CT molecular complexity index is 328. The zero-order valence-electron chi connectivity index (χ0n) is 8.60. The van der Waals surface area contributed by atoms with Crippen molar-refractivity contribution >= 4 is 6.08 Å². The van der Waals surface area contributed by atoms with Crippen LogP contribution in [-0.4, -0.2) is 26.3 Å². The van der Waals surface area contributed by atoms with Gasteiger partial charge in [-0.25, -0.2) is 9.79 Å². The monoisotopic (exact) mass is 207 g/mol. The number of ether oxygens (including phenoxy) is 2. The van der Waals surface area contributed by atoms with Gasteiger partial charge in [0.05, 0.1) is 20.3 Å². The summed E-state index contributed by atoms with van der Waals surface area (Å²) in [5, 5.41) is 0. The highest BCUT2D eigenvalue weighted by Crippen LogP contribution is 2.16. The standard InChI is InChI=1S/C11H13NO3/c1-14-10-3-5-11(6-4-10)15-8-2-7-12-9-13/h3-6H,2,7-8H2,1H3. The minimum Gasteiger partial charge on any atom is -0.497 e. The molecule has 0 unspecified atom stereocenters. The van der Waals surface area contributed by atoms with Crippen molar-refractivity contribution in [3.63, 3.8) is 0 Å². The molecule has 0 aliphatic carbocycles. The van der Waals surface area contributed by atoms with Crippen LogP contribution >= 0.6 is 0 Å². The van der Waals surface area contributed by atoms with Crippen molar-refractivity contribution < 1.29 is 14.3 Å². The van der Waals surface area contributed by atoms with Gasteiger partial charge in [-0.3, -0.25) is 0 Å². The first-order valence-corrected chi connectivity index (χ1v) is 4.67. The SMILES string of the molecule is COc1ccc(OCCCN=C=O)cc1. The third kappa shape index (κ3) is 4.29. The molecule has 0 radical (unpaired) electrons. The molecule has 0 bridgehead atoms. The van der Waals surface area contributed by atoms with Crippen LogP contribution < -0.4 is 9.47 Å². The van der Waals surface area contributed by atoms with Gasteiger partial charge in [0, 0.05) is 6.42 Å². The largest absolute Gasteiger partial charge is 0.497 e. The van der Waals surface area contributed by atoms with Crippen LogP contribution in [0, 0.1) is 0 Å². The molecule has 0 atom stereocenters. The van der Waals surface area contributed by atoms with Gasteiger partial charge in [-0.2, -0.15) is 0 Å². The second-order valence-electron chi connectivity index (χ2n) is 2.85. The van der Waals surface area contributed by atoms with Gasteiger partial charge in [0.15, 0.2) is 0 Å². The van der Waals surface area contributed by atoms with E-state index in [0.29, 0.717) is 19.6 Å². The van der Waals surface area contributed by atoms with Gasteiger partial charge >= 0.3 is 0 Å². The molecule has 0 fully saturated rings. The molecule has 80 valence electrons. The summed E-state index contributed by atoms with van der Waals surface area (Å²) in [6, 6.07) is 7.33. The quantitative estimate of drug-likeness (QED) is 0.406. The van der Waals surface area contributed by atoms with Crippen LogP contribution in [-0.2, 0) is 4.79 Å². The fraction of sp³-hybridized carbons (Fsp3) is 0.364. The molecule has 0 saturated carbocycles. The van der Waals surface area contributed by atoms with E-state index in [1.807, 2.05) is 24.3 Å². The van der Waals surface area contributed by atoms with E-state index < -0.39 is 0 Å². The van der Waals surface area contributed by atoms with Gasteiger partial charge in [0.2, 0.25) is 6.08 Å². The van der Waals surface area contributed by atoms with Crippen LogP contribution in [0.4, 0.5) is 0 Å². The van der Waals surface area contributed by atoms with Gasteiger partial charge < -0.3 is 9.47 Å². The molecular weight excluding hydrogens is 194 g/mol. The number of isocyanates is 1. The summed E-state index contributed by atoms with van der Waals surface area (Å²) in [6.07, 6.45) is 2.19. The van der Waals surface area contributed by atoms with E-state index in [2.05, 4.69) is 4.99 Å². The Kier molecular flexibility index (Phi) is 4.98. The highest BCUT2D eigenvalue weighted by Gasteiger charge is 1.94. The molecule has 0 spiro atoms. The molecule has 15 heavy (non-hydrogen) atoms. The number of hydrogen-bond acceptors (Lipinski definition) is 4. The maximum absolute atomic E-state index is 9.76. The van der Waals surface area contributed by atoms with Gasteiger partial charge in [-0.15, -0.1) is 0 Å². The predicted octanol–water partition coefficient (Wildman–Crippen LogP) is 1.80. The fourth-order valence-electron chi connectivity index (χ4n) is 1.05. The van der Waals surface area contributed by atoms with Crippen LogP contribution in [0.2, 0.25) is 0 Å². The van der Waals surface area contributed by atoms with E-state index in [4.69, 9.17) is 9.47 Å². The molecule has 0 aromatic heterocycles. The molecule has 1 aromatic rings. The smallest absolute Gasteiger partial charge is 0.234 e. The minimum absolute atomic E-state index is 0.458. The van der Waals surface area contributed by atoms with Crippen LogP contribution in [0.5, 0.6) is 11.5 Å². The second-order valence-corrected chi connectivity index (χ2v) is 2.85. The van der Waals surface area contributed by atoms with Crippen molar-refractivity contribution in [2.45, 2.75) is 6.42 Å². The molecule has 4 nitrogen and oxygen atoms in total. The number of methoxy groups -OCH3 is 1. The maximum atomic E-state index is 9.76. The summed E-state index contributed by atoms with van der Waals surface area (Å²) in [5.41, 5.74) is 0. The Morgan fingerprint density at radius 3 is 2.53 bits per heavy atom. The Labute approximate surface area is 88.5 Å². The summed E-state index contributed by atoms with van der Waals surface area (Å²) >= 11 is 0. The first-order valence-electron chi connectivity index (χ1n) is 4.67. The highest BCUT2D eigenvalue weighted by atomic mass is 16.5. The first-order chi connectivity index (χ1) is 7.36. The summed E-state index contributed by atoms with van der Waals surface area (Å²) < 4.78 is 10.4. The molecule has 4 heteroatoms. The summed E-state index contributed by atoms with van der Waals surface area (Å²) in [7, 11) is 1.62. The van der Waals surface area contributed by atoms with E-state index in [-0.39, 0.29) is 0 Å². The summed E-state index contributed by atoms with van der Waals surface area (Å²) in [6.45, 7) is 0.997. The third-order valence-corrected chi connectivity index (χ3v) is 1.81. The van der Waals surface area contributed by atoms with Crippen molar-refractivity contribution in [3.05, 3.63) is 24.3 Å². The molecule has 0 aliphatic rings. The Morgan fingerprint density at radius 1 is 1.27 bits per heavy atom. The number of rotatable bonds is 6. The second kappa shape index (κ2) is 6.62. The molecular formula is C11H13NO3. The number of nitrogens with zero attached hydrogens (tertiary/aromatic N) is 1. The molecule has 0 N–H and O–H groups in total. The van der Waals surface area contributed by atoms with Crippen molar-refractivity contribution in [1.29, 1.82) is 0 Å². The Balaban J connectivity index is 2.28. The molecule has 0 aliphatic heterocycles. The van der Waals surface area contributed by atoms with E-state index in [1.165, 1.54) is 6.08 Å². The van der Waals surface area contributed by atoms with E-state index in [1.54, 1.807) is 7.11 Å². The lowest BCUT2D eigenvalue weighted by molar-refractivity contribution is 0.312. The van der Waals surface area contributed by atoms with Crippen molar-refractivity contribution in [1.82, 2.24) is 0 Å². The maximum Gasteiger partial charge on any atom is 0.234 e. The summed E-state index contributed by atoms with van der Waals surface area (Å²) in [4.78, 5) is 13.2. The van der Waals surface area contributed by atoms with Crippen LogP contribution in [0.15, 0.2) is 29.3 Å². The zero-order valence-corrected chi connectivity index (χ0v) is 8.60. The number of carbonyl (C=O) groups excluding carboxylic acids is 1. The van der Waals surface area contributed by atoms with Crippen molar-refractivity contribution in [3.8, 4) is 11.5 Å². The van der Waals surface area contributed by atoms with Gasteiger partial charge in [-0.05, 0) is 24.3 Å². The first kappa shape index (κ1) is 11.3. The number of benzene rings is 1. The average molecular weight is 207 g/mol. The lowest BCUT2D eigenvalue weighted by Gasteiger charge is -2.05. The van der Waals surface area contributed by atoms with Gasteiger partial charge in [-0.1, -0.05) is 0 Å². The van der Waals surface area contributed by atoms with Crippen LogP contribution in [0.25, 0.3) is 0 Å². The van der Waals surface area contributed by atoms with Crippen molar-refractivity contribution in [2.24, 2.45) is 4.99 Å². The van der Waals surface area contributed by atoms with Gasteiger partial charge in [0.25, 0.3) is 0 Å². The van der Waals surface area contributed by atoms with E-state index >= 15 is 0 Å². The summed E-state index contributed by atoms with van der Waals surface area (Å²) in [5.74, 6) is 1.58. The fourth-order valence-corrected chi connectivity index (χ4v) is 1.05. The zero-order chi connectivity index (χ0) is 10.9. The van der Waals surface area contributed by atoms with Gasteiger partial charge in [0.1, 0.15) is 11.5 Å². The predicted molar refractivity (Wildman–Crippen MR) is 56.1 cm³/mol. The highest BCUT2D eigenvalue weighted by molar-refractivity contribution is 5.32. The Morgan fingerprint density at radius 2 is 1.93 bits per heavy atom. The minimum atomic E-state index is 0.458. The van der Waals surface area contributed by atoms with E-state index in [9.17, 15) is 4.79 Å². The van der Waals surface area contributed by atoms with Crippen LogP contribution in [0.1, 0.15) is 6.42 Å². The van der Waals surface area contributed by atoms with Crippen LogP contribution in [0.3, 0.4) is 0 Å². The van der Waals surface area contributed by atoms with E-state index in [0.717, 1.165) is 11.5 Å². The molecule has 0 amide bonds.